The fraction of sp³-hybridized carbons (Fsp3) is 0. The van der Waals surface area contributed by atoms with Gasteiger partial charge in [-0.25, -0.2) is 4.98 Å². The van der Waals surface area contributed by atoms with E-state index in [9.17, 15) is 9.46 Å². The second-order valence-electron chi connectivity index (χ2n) is 3.85. The summed E-state index contributed by atoms with van der Waals surface area (Å²) in [5.74, 6) is 0. The van der Waals surface area contributed by atoms with E-state index in [1.807, 2.05) is 24.3 Å². The average Bonchev–Trinajstić information content (AvgIpc) is 2.84. The number of para-hydroxylation sites is 1. The molecule has 1 aromatic heterocycles. The van der Waals surface area contributed by atoms with Gasteiger partial charge in [0.25, 0.3) is 0 Å². The van der Waals surface area contributed by atoms with Crippen LogP contribution in [0.2, 0.25) is 0 Å². The third-order valence-corrected chi connectivity index (χ3v) is 6.05. The summed E-state index contributed by atoms with van der Waals surface area (Å²) in [6.07, 6.45) is 0. The molecule has 0 radical (unpaired) electrons. The Labute approximate surface area is 157 Å². The minimum atomic E-state index is -3.81. The van der Waals surface area contributed by atoms with Gasteiger partial charge in [0, 0.05) is 5.30 Å². The fourth-order valence-corrected chi connectivity index (χ4v) is 4.54. The zero-order chi connectivity index (χ0) is 12.6. The molecule has 3 nitrogen and oxygen atoms in total. The van der Waals surface area contributed by atoms with Crippen molar-refractivity contribution in [2.75, 3.05) is 0 Å². The second-order valence-corrected chi connectivity index (χ2v) is 7.23. The number of hydrogen-bond donors (Lipinski definition) is 0. The molecular formula is C13H9KNO2PS. The SMILES string of the molecule is O=P([O-])(c1ccccc1)c1nc2ccccc2s1.[K+]. The third kappa shape index (κ3) is 3.09. The van der Waals surface area contributed by atoms with Crippen molar-refractivity contribution in [2.24, 2.45) is 0 Å². The Bertz CT molecular complexity index is 711. The van der Waals surface area contributed by atoms with Gasteiger partial charge in [-0.2, -0.15) is 0 Å². The molecule has 2 aromatic carbocycles. The summed E-state index contributed by atoms with van der Waals surface area (Å²) in [4.78, 5) is 16.6. The molecule has 0 fully saturated rings. The summed E-state index contributed by atoms with van der Waals surface area (Å²) in [7, 11) is -3.81. The molecule has 0 N–H and O–H groups in total. The Kier molecular flexibility index (Phi) is 5.14. The molecule has 0 bridgehead atoms. The van der Waals surface area contributed by atoms with E-state index in [0.717, 1.165) is 10.2 Å². The zero-order valence-corrected chi connectivity index (χ0v) is 15.1. The van der Waals surface area contributed by atoms with E-state index >= 15 is 0 Å². The van der Waals surface area contributed by atoms with Crippen molar-refractivity contribution in [3.8, 4) is 0 Å². The first-order valence-corrected chi connectivity index (χ1v) is 7.85. The minimum Gasteiger partial charge on any atom is -0.791 e. The van der Waals surface area contributed by atoms with E-state index in [2.05, 4.69) is 4.98 Å². The molecule has 0 spiro atoms. The van der Waals surface area contributed by atoms with Gasteiger partial charge >= 0.3 is 51.4 Å². The molecule has 0 aliphatic rings. The molecule has 19 heavy (non-hydrogen) atoms. The number of benzene rings is 2. The van der Waals surface area contributed by atoms with Crippen LogP contribution in [0.15, 0.2) is 54.6 Å². The van der Waals surface area contributed by atoms with Crippen LogP contribution in [-0.4, -0.2) is 4.98 Å². The second kappa shape index (κ2) is 6.29. The van der Waals surface area contributed by atoms with E-state index in [4.69, 9.17) is 0 Å². The van der Waals surface area contributed by atoms with Crippen LogP contribution in [0.5, 0.6) is 0 Å². The van der Waals surface area contributed by atoms with Gasteiger partial charge in [0.1, 0.15) is 12.1 Å². The van der Waals surface area contributed by atoms with Crippen molar-refractivity contribution in [3.05, 3.63) is 54.6 Å². The average molecular weight is 313 g/mol. The van der Waals surface area contributed by atoms with Crippen LogP contribution in [0.3, 0.4) is 0 Å². The van der Waals surface area contributed by atoms with E-state index < -0.39 is 7.37 Å². The molecular weight excluding hydrogens is 304 g/mol. The summed E-state index contributed by atoms with van der Waals surface area (Å²) < 4.78 is 13.4. The zero-order valence-electron chi connectivity index (χ0n) is 10.3. The molecule has 1 atom stereocenters. The van der Waals surface area contributed by atoms with Crippen LogP contribution in [0.25, 0.3) is 10.2 Å². The number of thiazole rings is 1. The van der Waals surface area contributed by atoms with E-state index in [0.29, 0.717) is 5.30 Å². The first-order chi connectivity index (χ1) is 8.68. The number of nitrogens with zero attached hydrogens (tertiary/aromatic N) is 1. The van der Waals surface area contributed by atoms with Gasteiger partial charge in [-0.3, -0.25) is 0 Å². The number of fused-ring (bicyclic) bond motifs is 1. The van der Waals surface area contributed by atoms with Gasteiger partial charge in [-0.1, -0.05) is 42.5 Å². The van der Waals surface area contributed by atoms with Gasteiger partial charge in [0.2, 0.25) is 0 Å². The van der Waals surface area contributed by atoms with Gasteiger partial charge < -0.3 is 9.46 Å². The van der Waals surface area contributed by atoms with Crippen molar-refractivity contribution >= 4 is 39.0 Å². The summed E-state index contributed by atoms with van der Waals surface area (Å²) in [5.41, 5.74) is 0.726. The quantitative estimate of drug-likeness (QED) is 0.445. The maximum Gasteiger partial charge on any atom is 1.00 e. The maximum atomic E-state index is 12.4. The van der Waals surface area contributed by atoms with Crippen molar-refractivity contribution in [1.29, 1.82) is 0 Å². The molecule has 1 unspecified atom stereocenters. The molecule has 0 aliphatic carbocycles. The van der Waals surface area contributed by atoms with Gasteiger partial charge in [0.15, 0.2) is 0 Å². The number of hydrogen-bond acceptors (Lipinski definition) is 4. The predicted octanol–water partition coefficient (Wildman–Crippen LogP) is -1.11. The molecule has 1 heterocycles. The Morgan fingerprint density at radius 1 is 1.00 bits per heavy atom. The fourth-order valence-electron chi connectivity index (χ4n) is 1.72. The normalized spacial score (nSPS) is 13.7. The Morgan fingerprint density at radius 2 is 1.63 bits per heavy atom. The molecule has 0 aliphatic heterocycles. The van der Waals surface area contributed by atoms with Crippen molar-refractivity contribution in [3.63, 3.8) is 0 Å². The summed E-state index contributed by atoms with van der Waals surface area (Å²) >= 11 is 1.21. The van der Waals surface area contributed by atoms with Gasteiger partial charge in [-0.05, 0) is 12.1 Å². The van der Waals surface area contributed by atoms with Gasteiger partial charge in [0.05, 0.1) is 10.2 Å². The molecule has 0 amide bonds. The minimum absolute atomic E-state index is 0. The molecule has 90 valence electrons. The first kappa shape index (κ1) is 15.5. The number of rotatable bonds is 2. The van der Waals surface area contributed by atoms with Crippen molar-refractivity contribution < 1.29 is 60.8 Å². The van der Waals surface area contributed by atoms with Crippen molar-refractivity contribution in [1.82, 2.24) is 4.98 Å². The Balaban J connectivity index is 0.00000133. The molecule has 3 rings (SSSR count). The topological polar surface area (TPSA) is 53.0 Å². The summed E-state index contributed by atoms with van der Waals surface area (Å²) in [6, 6.07) is 15.8. The number of aromatic nitrogens is 1. The molecule has 0 saturated heterocycles. The molecule has 0 saturated carbocycles. The molecule has 3 aromatic rings. The standard InChI is InChI=1S/C13H10NO2PS.K/c15-17(16,10-6-2-1-3-7-10)13-14-11-8-4-5-9-12(11)18-13;/h1-9H,(H,15,16);/q;+1/p-1. The van der Waals surface area contributed by atoms with E-state index in [1.54, 1.807) is 30.3 Å². The summed E-state index contributed by atoms with van der Waals surface area (Å²) in [5, 5.41) is 0.309. The Hall–Kier alpha value is 0.156. The van der Waals surface area contributed by atoms with Crippen LogP contribution >= 0.6 is 18.7 Å². The van der Waals surface area contributed by atoms with E-state index in [-0.39, 0.29) is 56.1 Å². The molecule has 6 heteroatoms. The smallest absolute Gasteiger partial charge is 0.791 e. The van der Waals surface area contributed by atoms with Crippen molar-refractivity contribution in [2.45, 2.75) is 0 Å². The van der Waals surface area contributed by atoms with Crippen LogP contribution < -0.4 is 66.3 Å². The van der Waals surface area contributed by atoms with Crippen LogP contribution in [0, 0.1) is 0 Å². The Morgan fingerprint density at radius 3 is 2.32 bits per heavy atom. The van der Waals surface area contributed by atoms with Crippen LogP contribution in [0.1, 0.15) is 0 Å². The van der Waals surface area contributed by atoms with Crippen LogP contribution in [-0.2, 0) is 4.57 Å². The first-order valence-electron chi connectivity index (χ1n) is 5.41. The van der Waals surface area contributed by atoms with Crippen LogP contribution in [0.4, 0.5) is 0 Å². The monoisotopic (exact) mass is 313 g/mol. The largest absolute Gasteiger partial charge is 1.00 e. The summed E-state index contributed by atoms with van der Waals surface area (Å²) in [6.45, 7) is 0. The third-order valence-electron chi connectivity index (χ3n) is 2.63. The predicted molar refractivity (Wildman–Crippen MR) is 72.9 cm³/mol. The van der Waals surface area contributed by atoms with E-state index in [1.165, 1.54) is 11.3 Å². The van der Waals surface area contributed by atoms with Gasteiger partial charge in [-0.15, -0.1) is 11.3 Å². The maximum absolute atomic E-state index is 12.4.